The van der Waals surface area contributed by atoms with Crippen LogP contribution in [0.15, 0.2) is 41.8 Å². The Kier molecular flexibility index (Phi) is 3.04. The Morgan fingerprint density at radius 3 is 2.85 bits per heavy atom. The molecule has 1 N–H and O–H groups in total. The lowest BCUT2D eigenvalue weighted by Gasteiger charge is -2.43. The number of rotatable bonds is 3. The van der Waals surface area contributed by atoms with Gasteiger partial charge in [-0.25, -0.2) is 0 Å². The van der Waals surface area contributed by atoms with E-state index in [-0.39, 0.29) is 5.60 Å². The van der Waals surface area contributed by atoms with Crippen molar-refractivity contribution in [3.8, 4) is 0 Å². The minimum absolute atomic E-state index is 0.235. The second-order valence-corrected chi connectivity index (χ2v) is 6.76. The lowest BCUT2D eigenvalue weighted by molar-refractivity contribution is -0.0380. The number of ether oxygens (including phenoxy) is 1. The Hall–Kier alpha value is -1.32. The molecular weight excluding hydrogens is 266 g/mol. The fraction of sp³-hybridized carbons (Fsp3) is 0.412. The monoisotopic (exact) mass is 285 g/mol. The van der Waals surface area contributed by atoms with E-state index in [4.69, 9.17) is 4.74 Å². The Morgan fingerprint density at radius 2 is 2.10 bits per heavy atom. The molecule has 1 aromatic heterocycles. The summed E-state index contributed by atoms with van der Waals surface area (Å²) in [6, 6.07) is 13.0. The number of hydrogen-bond acceptors (Lipinski definition) is 3. The van der Waals surface area contributed by atoms with E-state index in [0.29, 0.717) is 6.73 Å². The van der Waals surface area contributed by atoms with E-state index in [0.717, 1.165) is 12.3 Å². The first kappa shape index (κ1) is 12.4. The highest BCUT2D eigenvalue weighted by molar-refractivity contribution is 7.10. The van der Waals surface area contributed by atoms with Crippen molar-refractivity contribution in [3.05, 3.63) is 52.2 Å². The van der Waals surface area contributed by atoms with Crippen molar-refractivity contribution in [1.82, 2.24) is 0 Å². The normalized spacial score (nSPS) is 25.6. The summed E-state index contributed by atoms with van der Waals surface area (Å²) in [5.41, 5.74) is 2.30. The molecule has 1 aliphatic heterocycles. The van der Waals surface area contributed by atoms with Crippen molar-refractivity contribution in [1.29, 1.82) is 0 Å². The molecule has 0 radical (unpaired) electrons. The molecule has 0 amide bonds. The maximum Gasteiger partial charge on any atom is 0.132 e. The van der Waals surface area contributed by atoms with Gasteiger partial charge in [0.05, 0.1) is 0 Å². The van der Waals surface area contributed by atoms with Crippen LogP contribution in [0.25, 0.3) is 0 Å². The molecule has 0 spiro atoms. The van der Waals surface area contributed by atoms with E-state index in [2.05, 4.69) is 47.1 Å². The average Bonchev–Trinajstić information content (AvgIpc) is 2.97. The van der Waals surface area contributed by atoms with Gasteiger partial charge in [0.15, 0.2) is 0 Å². The molecule has 1 aromatic carbocycles. The van der Waals surface area contributed by atoms with Crippen LogP contribution < -0.4 is 5.32 Å². The van der Waals surface area contributed by atoms with E-state index in [1.165, 1.54) is 35.4 Å². The number of benzene rings is 1. The van der Waals surface area contributed by atoms with Crippen LogP contribution in [0.3, 0.4) is 0 Å². The molecule has 0 bridgehead atoms. The van der Waals surface area contributed by atoms with E-state index < -0.39 is 0 Å². The molecule has 1 fully saturated rings. The molecule has 2 aliphatic rings. The lowest BCUT2D eigenvalue weighted by Crippen LogP contribution is -2.40. The van der Waals surface area contributed by atoms with E-state index in [9.17, 15) is 0 Å². The molecule has 2 heterocycles. The minimum atomic E-state index is -0.235. The van der Waals surface area contributed by atoms with Gasteiger partial charge in [-0.15, -0.1) is 11.3 Å². The van der Waals surface area contributed by atoms with E-state index in [1.54, 1.807) is 0 Å². The molecule has 4 rings (SSSR count). The Labute approximate surface area is 123 Å². The number of hydrogen-bond donors (Lipinski definition) is 1. The molecule has 1 atom stereocenters. The standard InChI is InChI=1S/C17H19NOS/c1-2-8-15-14(7-1)17(19-12-18-15,11-13-5-3-6-13)16-9-4-10-20-16/h1-2,4,7-10,13,18H,3,5-6,11-12H2. The Morgan fingerprint density at radius 1 is 1.20 bits per heavy atom. The zero-order valence-corrected chi connectivity index (χ0v) is 12.3. The maximum absolute atomic E-state index is 6.34. The van der Waals surface area contributed by atoms with Crippen LogP contribution in [-0.2, 0) is 10.3 Å². The summed E-state index contributed by atoms with van der Waals surface area (Å²) < 4.78 is 6.34. The predicted octanol–water partition coefficient (Wildman–Crippen LogP) is 4.58. The first-order valence-corrected chi connectivity index (χ1v) is 8.28. The van der Waals surface area contributed by atoms with Gasteiger partial charge in [-0.3, -0.25) is 0 Å². The second kappa shape index (κ2) is 4.90. The zero-order valence-electron chi connectivity index (χ0n) is 11.5. The summed E-state index contributed by atoms with van der Waals surface area (Å²) in [4.78, 5) is 1.35. The van der Waals surface area contributed by atoms with Gasteiger partial charge in [0.2, 0.25) is 0 Å². The highest BCUT2D eigenvalue weighted by Gasteiger charge is 2.43. The number of fused-ring (bicyclic) bond motifs is 1. The third-order valence-corrected chi connectivity index (χ3v) is 5.68. The molecule has 1 unspecified atom stereocenters. The highest BCUT2D eigenvalue weighted by atomic mass is 32.1. The fourth-order valence-electron chi connectivity index (χ4n) is 3.39. The van der Waals surface area contributed by atoms with Crippen LogP contribution in [0.1, 0.15) is 36.1 Å². The first-order chi connectivity index (χ1) is 9.88. The van der Waals surface area contributed by atoms with Gasteiger partial charge >= 0.3 is 0 Å². The summed E-state index contributed by atoms with van der Waals surface area (Å²) >= 11 is 1.82. The second-order valence-electron chi connectivity index (χ2n) is 5.82. The third-order valence-electron chi connectivity index (χ3n) is 4.66. The molecule has 2 nitrogen and oxygen atoms in total. The van der Waals surface area contributed by atoms with Gasteiger partial charge in [0.1, 0.15) is 12.3 Å². The number of para-hydroxylation sites is 1. The Bertz CT molecular complexity index is 591. The number of nitrogens with one attached hydrogen (secondary N) is 1. The summed E-state index contributed by atoms with van der Waals surface area (Å²) in [5.74, 6) is 0.809. The van der Waals surface area contributed by atoms with Gasteiger partial charge in [0.25, 0.3) is 0 Å². The van der Waals surface area contributed by atoms with Gasteiger partial charge in [-0.2, -0.15) is 0 Å². The van der Waals surface area contributed by atoms with Crippen LogP contribution in [0.2, 0.25) is 0 Å². The van der Waals surface area contributed by atoms with E-state index >= 15 is 0 Å². The molecule has 1 saturated carbocycles. The summed E-state index contributed by atoms with van der Waals surface area (Å²) in [6.45, 7) is 0.599. The van der Waals surface area contributed by atoms with Crippen molar-refractivity contribution in [2.75, 3.05) is 12.0 Å². The molecule has 2 aromatic rings. The fourth-order valence-corrected chi connectivity index (χ4v) is 4.29. The topological polar surface area (TPSA) is 21.3 Å². The molecule has 104 valence electrons. The summed E-state index contributed by atoms with van der Waals surface area (Å²) in [5, 5.41) is 5.53. The molecule has 0 saturated heterocycles. The molecular formula is C17H19NOS. The van der Waals surface area contributed by atoms with Crippen molar-refractivity contribution in [3.63, 3.8) is 0 Å². The SMILES string of the molecule is c1csc(C2(CC3CCC3)OCNc3ccccc32)c1. The quantitative estimate of drug-likeness (QED) is 0.891. The van der Waals surface area contributed by atoms with Crippen molar-refractivity contribution >= 4 is 17.0 Å². The van der Waals surface area contributed by atoms with Gasteiger partial charge < -0.3 is 10.1 Å². The van der Waals surface area contributed by atoms with Crippen LogP contribution in [0, 0.1) is 5.92 Å². The highest BCUT2D eigenvalue weighted by Crippen LogP contribution is 2.49. The van der Waals surface area contributed by atoms with Gasteiger partial charge in [0, 0.05) is 16.1 Å². The number of thiophene rings is 1. The van der Waals surface area contributed by atoms with Gasteiger partial charge in [-0.1, -0.05) is 43.5 Å². The summed E-state index contributed by atoms with van der Waals surface area (Å²) in [6.07, 6.45) is 5.20. The zero-order chi connectivity index (χ0) is 13.4. The van der Waals surface area contributed by atoms with Crippen molar-refractivity contribution < 1.29 is 4.74 Å². The predicted molar refractivity (Wildman–Crippen MR) is 83.1 cm³/mol. The van der Waals surface area contributed by atoms with Crippen molar-refractivity contribution in [2.45, 2.75) is 31.3 Å². The number of anilines is 1. The molecule has 20 heavy (non-hydrogen) atoms. The largest absolute Gasteiger partial charge is 0.362 e. The van der Waals surface area contributed by atoms with Crippen LogP contribution >= 0.6 is 11.3 Å². The average molecular weight is 285 g/mol. The maximum atomic E-state index is 6.34. The first-order valence-electron chi connectivity index (χ1n) is 7.40. The summed E-state index contributed by atoms with van der Waals surface area (Å²) in [7, 11) is 0. The van der Waals surface area contributed by atoms with Crippen molar-refractivity contribution in [2.24, 2.45) is 5.92 Å². The minimum Gasteiger partial charge on any atom is -0.362 e. The molecule has 1 aliphatic carbocycles. The van der Waals surface area contributed by atoms with Crippen LogP contribution in [0.5, 0.6) is 0 Å². The van der Waals surface area contributed by atoms with Gasteiger partial charge in [-0.05, 0) is 29.9 Å². The Balaban J connectivity index is 1.83. The smallest absolute Gasteiger partial charge is 0.132 e. The third kappa shape index (κ3) is 1.88. The van der Waals surface area contributed by atoms with E-state index in [1.807, 2.05) is 11.3 Å². The van der Waals surface area contributed by atoms with Crippen LogP contribution in [-0.4, -0.2) is 6.73 Å². The molecule has 3 heteroatoms. The lowest BCUT2D eigenvalue weighted by atomic mass is 9.73. The van der Waals surface area contributed by atoms with Crippen LogP contribution in [0.4, 0.5) is 5.69 Å².